The fourth-order valence-electron chi connectivity index (χ4n) is 2.90. The molecule has 1 fully saturated rings. The second kappa shape index (κ2) is 6.98. The van der Waals surface area contributed by atoms with Gasteiger partial charge in [0.15, 0.2) is 0 Å². The highest BCUT2D eigenvalue weighted by Gasteiger charge is 2.28. The minimum atomic E-state index is -0.707. The molecule has 0 bridgehead atoms. The van der Waals surface area contributed by atoms with E-state index < -0.39 is 23.6 Å². The van der Waals surface area contributed by atoms with Gasteiger partial charge in [-0.3, -0.25) is 4.79 Å². The highest BCUT2D eigenvalue weighted by atomic mass is 19.1. The lowest BCUT2D eigenvalue weighted by atomic mass is 10.0. The summed E-state index contributed by atoms with van der Waals surface area (Å²) in [5.74, 6) is -1.82. The molecule has 0 aliphatic carbocycles. The van der Waals surface area contributed by atoms with E-state index in [4.69, 9.17) is 0 Å². The van der Waals surface area contributed by atoms with Crippen molar-refractivity contribution >= 4 is 5.91 Å². The molecule has 1 aromatic carbocycles. The van der Waals surface area contributed by atoms with E-state index >= 15 is 0 Å². The van der Waals surface area contributed by atoms with Crippen LogP contribution in [-0.4, -0.2) is 34.6 Å². The second-order valence-corrected chi connectivity index (χ2v) is 5.71. The number of amides is 1. The van der Waals surface area contributed by atoms with Gasteiger partial charge in [0.25, 0.3) is 5.91 Å². The smallest absolute Gasteiger partial charge is 0.257 e. The summed E-state index contributed by atoms with van der Waals surface area (Å²) in [6.45, 7) is 2.20. The molecule has 1 aromatic rings. The standard InChI is InChI=1S/C16H21F2NO2/c1-11(20)9-13-5-3-2-4-8-19(13)16(21)14-10-12(17)6-7-15(14)18/h6-7,10-11,13,20H,2-5,8-9H2,1H3. The first-order chi connectivity index (χ1) is 9.99. The Morgan fingerprint density at radius 2 is 2.14 bits per heavy atom. The van der Waals surface area contributed by atoms with Crippen molar-refractivity contribution in [2.75, 3.05) is 6.54 Å². The molecule has 1 N–H and O–H groups in total. The number of carbonyl (C=O) groups is 1. The van der Waals surface area contributed by atoms with Gasteiger partial charge in [-0.15, -0.1) is 0 Å². The summed E-state index contributed by atoms with van der Waals surface area (Å²) in [7, 11) is 0. The monoisotopic (exact) mass is 297 g/mol. The first-order valence-corrected chi connectivity index (χ1v) is 7.43. The van der Waals surface area contributed by atoms with Crippen molar-refractivity contribution in [2.24, 2.45) is 0 Å². The van der Waals surface area contributed by atoms with Crippen molar-refractivity contribution in [1.29, 1.82) is 0 Å². The third kappa shape index (κ3) is 4.00. The molecule has 0 aromatic heterocycles. The Morgan fingerprint density at radius 1 is 1.38 bits per heavy atom. The zero-order valence-corrected chi connectivity index (χ0v) is 12.2. The van der Waals surface area contributed by atoms with Gasteiger partial charge in [-0.05, 0) is 44.4 Å². The van der Waals surface area contributed by atoms with E-state index in [9.17, 15) is 18.7 Å². The largest absolute Gasteiger partial charge is 0.393 e. The molecule has 116 valence electrons. The van der Waals surface area contributed by atoms with Gasteiger partial charge in [0.2, 0.25) is 0 Å². The molecule has 3 nitrogen and oxygen atoms in total. The molecule has 5 heteroatoms. The highest BCUT2D eigenvalue weighted by molar-refractivity contribution is 5.94. The molecule has 1 heterocycles. The number of hydrogen-bond acceptors (Lipinski definition) is 2. The van der Waals surface area contributed by atoms with E-state index in [1.807, 2.05) is 0 Å². The van der Waals surface area contributed by atoms with E-state index in [0.717, 1.165) is 43.9 Å². The fourth-order valence-corrected chi connectivity index (χ4v) is 2.90. The van der Waals surface area contributed by atoms with Crippen LogP contribution in [0.25, 0.3) is 0 Å². The van der Waals surface area contributed by atoms with E-state index in [1.54, 1.807) is 11.8 Å². The van der Waals surface area contributed by atoms with Crippen LogP contribution in [0.4, 0.5) is 8.78 Å². The van der Waals surface area contributed by atoms with Crippen LogP contribution in [-0.2, 0) is 0 Å². The molecule has 0 radical (unpaired) electrons. The van der Waals surface area contributed by atoms with E-state index in [1.165, 1.54) is 0 Å². The maximum absolute atomic E-state index is 13.8. The average Bonchev–Trinajstić information content (AvgIpc) is 2.65. The van der Waals surface area contributed by atoms with E-state index in [2.05, 4.69) is 0 Å². The molecule has 2 atom stereocenters. The average molecular weight is 297 g/mol. The Kier molecular flexibility index (Phi) is 5.28. The van der Waals surface area contributed by atoms with Crippen molar-refractivity contribution in [3.8, 4) is 0 Å². The van der Waals surface area contributed by atoms with Gasteiger partial charge < -0.3 is 10.0 Å². The second-order valence-electron chi connectivity index (χ2n) is 5.71. The molecular weight excluding hydrogens is 276 g/mol. The van der Waals surface area contributed by atoms with Crippen LogP contribution in [0.1, 0.15) is 49.4 Å². The lowest BCUT2D eigenvalue weighted by Gasteiger charge is -2.31. The molecule has 1 amide bonds. The van der Waals surface area contributed by atoms with Gasteiger partial charge >= 0.3 is 0 Å². The predicted octanol–water partition coefficient (Wildman–Crippen LogP) is 3.12. The van der Waals surface area contributed by atoms with Gasteiger partial charge in [0, 0.05) is 12.6 Å². The topological polar surface area (TPSA) is 40.5 Å². The van der Waals surface area contributed by atoms with E-state index in [-0.39, 0.29) is 11.6 Å². The molecule has 1 aliphatic rings. The van der Waals surface area contributed by atoms with Gasteiger partial charge in [-0.2, -0.15) is 0 Å². The third-order valence-electron chi connectivity index (χ3n) is 3.91. The number of nitrogens with zero attached hydrogens (tertiary/aromatic N) is 1. The van der Waals surface area contributed by atoms with Crippen LogP contribution in [0.5, 0.6) is 0 Å². The Morgan fingerprint density at radius 3 is 2.86 bits per heavy atom. The van der Waals surface area contributed by atoms with Gasteiger partial charge in [-0.25, -0.2) is 8.78 Å². The predicted molar refractivity (Wildman–Crippen MR) is 75.9 cm³/mol. The minimum Gasteiger partial charge on any atom is -0.393 e. The highest BCUT2D eigenvalue weighted by Crippen LogP contribution is 2.23. The van der Waals surface area contributed by atoms with Crippen LogP contribution in [0.2, 0.25) is 0 Å². The SMILES string of the molecule is CC(O)CC1CCCCCN1C(=O)c1cc(F)ccc1F. The summed E-state index contributed by atoms with van der Waals surface area (Å²) in [6.07, 6.45) is 3.55. The summed E-state index contributed by atoms with van der Waals surface area (Å²) in [5, 5.41) is 9.59. The zero-order chi connectivity index (χ0) is 15.4. The van der Waals surface area contributed by atoms with Crippen LogP contribution in [0, 0.1) is 11.6 Å². The summed E-state index contributed by atoms with van der Waals surface area (Å²) >= 11 is 0. The number of halogens is 2. The van der Waals surface area contributed by atoms with E-state index in [0.29, 0.717) is 13.0 Å². The van der Waals surface area contributed by atoms with Crippen LogP contribution in [0.15, 0.2) is 18.2 Å². The summed E-state index contributed by atoms with van der Waals surface area (Å²) in [6, 6.07) is 2.80. The van der Waals surface area contributed by atoms with Crippen LogP contribution in [0.3, 0.4) is 0 Å². The Balaban J connectivity index is 2.26. The Labute approximate surface area is 123 Å². The zero-order valence-electron chi connectivity index (χ0n) is 12.2. The molecule has 0 spiro atoms. The Hall–Kier alpha value is -1.49. The van der Waals surface area contributed by atoms with Gasteiger partial charge in [0.1, 0.15) is 11.6 Å². The lowest BCUT2D eigenvalue weighted by molar-refractivity contribution is 0.0602. The maximum atomic E-state index is 13.8. The molecule has 1 aliphatic heterocycles. The Bertz CT molecular complexity index is 505. The number of hydrogen-bond donors (Lipinski definition) is 1. The molecule has 2 unspecified atom stereocenters. The van der Waals surface area contributed by atoms with Crippen molar-refractivity contribution in [3.63, 3.8) is 0 Å². The van der Waals surface area contributed by atoms with Crippen molar-refractivity contribution in [1.82, 2.24) is 4.90 Å². The number of likely N-dealkylation sites (tertiary alicyclic amines) is 1. The van der Waals surface area contributed by atoms with Crippen molar-refractivity contribution < 1.29 is 18.7 Å². The van der Waals surface area contributed by atoms with Gasteiger partial charge in [0.05, 0.1) is 11.7 Å². The summed E-state index contributed by atoms with van der Waals surface area (Å²) < 4.78 is 27.1. The van der Waals surface area contributed by atoms with Gasteiger partial charge in [-0.1, -0.05) is 12.8 Å². The summed E-state index contributed by atoms with van der Waals surface area (Å²) in [4.78, 5) is 14.1. The quantitative estimate of drug-likeness (QED) is 0.931. The maximum Gasteiger partial charge on any atom is 0.257 e. The first kappa shape index (κ1) is 15.9. The summed E-state index contributed by atoms with van der Waals surface area (Å²) in [5.41, 5.74) is -0.229. The first-order valence-electron chi connectivity index (χ1n) is 7.43. The van der Waals surface area contributed by atoms with Crippen molar-refractivity contribution in [2.45, 2.75) is 51.2 Å². The fraction of sp³-hybridized carbons (Fsp3) is 0.562. The lowest BCUT2D eigenvalue weighted by Crippen LogP contribution is -2.41. The number of carbonyl (C=O) groups excluding carboxylic acids is 1. The van der Waals surface area contributed by atoms with Crippen LogP contribution >= 0.6 is 0 Å². The number of rotatable bonds is 3. The molecule has 2 rings (SSSR count). The number of aliphatic hydroxyl groups excluding tert-OH is 1. The third-order valence-corrected chi connectivity index (χ3v) is 3.91. The molecule has 21 heavy (non-hydrogen) atoms. The molecular formula is C16H21F2NO2. The van der Waals surface area contributed by atoms with Crippen molar-refractivity contribution in [3.05, 3.63) is 35.4 Å². The number of benzene rings is 1. The molecule has 0 saturated carbocycles. The minimum absolute atomic E-state index is 0.123. The normalized spacial score (nSPS) is 21.0. The number of aliphatic hydroxyl groups is 1. The van der Waals surface area contributed by atoms with Crippen LogP contribution < -0.4 is 0 Å². The molecule has 1 saturated heterocycles.